The zero-order chi connectivity index (χ0) is 25.0. The third kappa shape index (κ3) is 6.20. The minimum atomic E-state index is -1.41. The first kappa shape index (κ1) is 25.8. The number of rotatable bonds is 4. The number of benzene rings is 1. The van der Waals surface area contributed by atoms with E-state index in [9.17, 15) is 4.79 Å². The fraction of sp³-hybridized carbons (Fsp3) is 0.478. The smallest absolute Gasteiger partial charge is 0.311 e. The van der Waals surface area contributed by atoms with Crippen molar-refractivity contribution in [2.24, 2.45) is 11.3 Å². The predicted molar refractivity (Wildman–Crippen MR) is 126 cm³/mol. The van der Waals surface area contributed by atoms with Crippen LogP contribution in [0.2, 0.25) is 5.02 Å². The molecule has 0 bridgehead atoms. The maximum absolute atomic E-state index is 11.9. The molecule has 3 atom stereocenters. The molecule has 3 heterocycles. The van der Waals surface area contributed by atoms with E-state index in [1.807, 2.05) is 25.3 Å². The summed E-state index contributed by atoms with van der Waals surface area (Å²) in [6, 6.07) is 6.34. The standard InChI is InChI=1S/C16H23N5O3.C7H7ClO2/c1-9-5-10(6-23-15(22)16(2,3)4)24-14(9)21-8-20-11-12(17)18-7-19-13(11)21;8-6-3-1-5(2-4-6)7(9)10/h7-10,14H,5-6H2,1-4H3,(H2,17,18,19);1-4,7,9-10H/t9?,10-,14?;/m0./s1. The van der Waals surface area contributed by atoms with E-state index in [2.05, 4.69) is 21.9 Å². The van der Waals surface area contributed by atoms with Gasteiger partial charge in [-0.25, -0.2) is 15.0 Å². The lowest BCUT2D eigenvalue weighted by atomic mass is 9.97. The summed E-state index contributed by atoms with van der Waals surface area (Å²) in [4.78, 5) is 24.4. The molecule has 2 aromatic heterocycles. The molecule has 1 fully saturated rings. The fourth-order valence-corrected chi connectivity index (χ4v) is 3.57. The number of aliphatic hydroxyl groups excluding tert-OH is 1. The highest BCUT2D eigenvalue weighted by atomic mass is 35.5. The van der Waals surface area contributed by atoms with Crippen LogP contribution >= 0.6 is 11.6 Å². The average Bonchev–Trinajstić information content (AvgIpc) is 3.36. The van der Waals surface area contributed by atoms with Crippen molar-refractivity contribution in [2.75, 3.05) is 12.3 Å². The number of hydrogen-bond donors (Lipinski definition) is 3. The molecule has 1 aliphatic rings. The summed E-state index contributed by atoms with van der Waals surface area (Å²) in [5.41, 5.74) is 6.97. The molecule has 3 aromatic rings. The molecule has 11 heteroatoms. The summed E-state index contributed by atoms with van der Waals surface area (Å²) in [5.74, 6) is 0.354. The fourth-order valence-electron chi connectivity index (χ4n) is 3.44. The third-order valence-corrected chi connectivity index (χ3v) is 5.55. The van der Waals surface area contributed by atoms with Crippen molar-refractivity contribution in [1.29, 1.82) is 0 Å². The van der Waals surface area contributed by atoms with Crippen LogP contribution in [0.5, 0.6) is 0 Å². The van der Waals surface area contributed by atoms with E-state index >= 15 is 0 Å². The molecular formula is C23H30ClN5O5. The lowest BCUT2D eigenvalue weighted by molar-refractivity contribution is -0.157. The number of aliphatic hydroxyl groups is 2. The van der Waals surface area contributed by atoms with E-state index in [-0.39, 0.29) is 30.8 Å². The number of nitrogens with two attached hydrogens (primary N) is 1. The number of hydrogen-bond acceptors (Lipinski definition) is 9. The van der Waals surface area contributed by atoms with Crippen molar-refractivity contribution in [3.8, 4) is 0 Å². The molecule has 4 N–H and O–H groups in total. The number of aromatic nitrogens is 4. The molecule has 1 saturated heterocycles. The topological polar surface area (TPSA) is 146 Å². The van der Waals surface area contributed by atoms with Gasteiger partial charge >= 0.3 is 5.97 Å². The molecular weight excluding hydrogens is 462 g/mol. The van der Waals surface area contributed by atoms with E-state index in [0.29, 0.717) is 27.6 Å². The van der Waals surface area contributed by atoms with Crippen molar-refractivity contribution in [1.82, 2.24) is 19.5 Å². The molecule has 1 aromatic carbocycles. The summed E-state index contributed by atoms with van der Waals surface area (Å²) in [7, 11) is 0. The van der Waals surface area contributed by atoms with Gasteiger partial charge in [0.05, 0.1) is 17.8 Å². The zero-order valence-corrected chi connectivity index (χ0v) is 20.3. The van der Waals surface area contributed by atoms with Crippen LogP contribution in [-0.2, 0) is 14.3 Å². The Hall–Kier alpha value is -2.79. The molecule has 0 amide bonds. The highest BCUT2D eigenvalue weighted by Gasteiger charge is 2.36. The molecule has 34 heavy (non-hydrogen) atoms. The number of fused-ring (bicyclic) bond motifs is 1. The molecule has 0 radical (unpaired) electrons. The van der Waals surface area contributed by atoms with Crippen LogP contribution in [0.4, 0.5) is 5.82 Å². The van der Waals surface area contributed by atoms with Gasteiger partial charge in [0.25, 0.3) is 0 Å². The second-order valence-electron chi connectivity index (χ2n) is 9.22. The SMILES string of the molecule is CC1C[C@@H](COC(=O)C(C)(C)C)OC1n1cnc2c(N)ncnc21.OC(O)c1ccc(Cl)cc1. The number of ether oxygens (including phenoxy) is 2. The summed E-state index contributed by atoms with van der Waals surface area (Å²) in [5, 5.41) is 17.8. The van der Waals surface area contributed by atoms with E-state index in [0.717, 1.165) is 6.42 Å². The van der Waals surface area contributed by atoms with E-state index in [1.54, 1.807) is 30.6 Å². The van der Waals surface area contributed by atoms with E-state index < -0.39 is 11.7 Å². The van der Waals surface area contributed by atoms with Crippen molar-refractivity contribution in [3.63, 3.8) is 0 Å². The Morgan fingerprint density at radius 3 is 2.56 bits per heavy atom. The molecule has 2 unspecified atom stereocenters. The van der Waals surface area contributed by atoms with Crippen LogP contribution in [-0.4, -0.2) is 48.4 Å². The number of anilines is 1. The second-order valence-corrected chi connectivity index (χ2v) is 9.65. The lowest BCUT2D eigenvalue weighted by Crippen LogP contribution is -2.27. The maximum atomic E-state index is 11.9. The quantitative estimate of drug-likeness (QED) is 0.369. The minimum Gasteiger partial charge on any atom is -0.463 e. The molecule has 1 aliphatic heterocycles. The number of halogens is 1. The summed E-state index contributed by atoms with van der Waals surface area (Å²) >= 11 is 5.55. The summed E-state index contributed by atoms with van der Waals surface area (Å²) < 4.78 is 13.3. The van der Waals surface area contributed by atoms with Crippen molar-refractivity contribution < 1.29 is 24.5 Å². The van der Waals surface area contributed by atoms with Crippen molar-refractivity contribution in [3.05, 3.63) is 47.5 Å². The summed E-state index contributed by atoms with van der Waals surface area (Å²) in [6.45, 7) is 7.83. The number of carbonyl (C=O) groups is 1. The van der Waals surface area contributed by atoms with Crippen molar-refractivity contribution in [2.45, 2.75) is 52.7 Å². The molecule has 0 saturated carbocycles. The zero-order valence-electron chi connectivity index (χ0n) is 19.6. The Labute approximate surface area is 202 Å². The van der Waals surface area contributed by atoms with Gasteiger partial charge in [-0.3, -0.25) is 9.36 Å². The van der Waals surface area contributed by atoms with Gasteiger partial charge < -0.3 is 25.4 Å². The maximum Gasteiger partial charge on any atom is 0.311 e. The summed E-state index contributed by atoms with van der Waals surface area (Å²) in [6.07, 6.45) is 2.11. The molecule has 184 valence electrons. The third-order valence-electron chi connectivity index (χ3n) is 5.30. The largest absolute Gasteiger partial charge is 0.463 e. The second kappa shape index (κ2) is 10.6. The first-order valence-electron chi connectivity index (χ1n) is 10.8. The Morgan fingerprint density at radius 2 is 1.94 bits per heavy atom. The van der Waals surface area contributed by atoms with E-state index in [1.165, 1.54) is 6.33 Å². The highest BCUT2D eigenvalue weighted by Crippen LogP contribution is 2.36. The van der Waals surface area contributed by atoms with Crippen LogP contribution in [0.1, 0.15) is 52.2 Å². The van der Waals surface area contributed by atoms with Gasteiger partial charge in [0.15, 0.2) is 17.8 Å². The number of carbonyl (C=O) groups excluding carboxylic acids is 1. The monoisotopic (exact) mass is 491 g/mol. The van der Waals surface area contributed by atoms with Gasteiger partial charge in [0.1, 0.15) is 24.7 Å². The normalized spacial score (nSPS) is 20.3. The lowest BCUT2D eigenvalue weighted by Gasteiger charge is -2.19. The Kier molecular flexibility index (Phi) is 8.09. The first-order chi connectivity index (χ1) is 16.0. The van der Waals surface area contributed by atoms with Crippen LogP contribution in [0, 0.1) is 11.3 Å². The predicted octanol–water partition coefficient (Wildman–Crippen LogP) is 3.24. The molecule has 10 nitrogen and oxygen atoms in total. The van der Waals surface area contributed by atoms with Gasteiger partial charge in [-0.05, 0) is 39.3 Å². The van der Waals surface area contributed by atoms with Crippen LogP contribution in [0.15, 0.2) is 36.9 Å². The van der Waals surface area contributed by atoms with Gasteiger partial charge in [0.2, 0.25) is 0 Å². The minimum absolute atomic E-state index is 0.145. The van der Waals surface area contributed by atoms with Crippen LogP contribution in [0.25, 0.3) is 11.2 Å². The van der Waals surface area contributed by atoms with E-state index in [4.69, 9.17) is 37.0 Å². The van der Waals surface area contributed by atoms with Gasteiger partial charge in [-0.1, -0.05) is 30.7 Å². The number of esters is 1. The average molecular weight is 492 g/mol. The van der Waals surface area contributed by atoms with Gasteiger partial charge in [0, 0.05) is 16.5 Å². The molecule has 0 spiro atoms. The Balaban J connectivity index is 0.000000271. The number of nitrogens with zero attached hydrogens (tertiary/aromatic N) is 4. The van der Waals surface area contributed by atoms with Gasteiger partial charge in [-0.15, -0.1) is 0 Å². The van der Waals surface area contributed by atoms with Gasteiger partial charge in [-0.2, -0.15) is 0 Å². The van der Waals surface area contributed by atoms with Crippen LogP contribution < -0.4 is 5.73 Å². The number of nitrogen functional groups attached to an aromatic ring is 1. The first-order valence-corrected chi connectivity index (χ1v) is 11.2. The molecule has 0 aliphatic carbocycles. The highest BCUT2D eigenvalue weighted by molar-refractivity contribution is 6.30. The Morgan fingerprint density at radius 1 is 1.26 bits per heavy atom. The van der Waals surface area contributed by atoms with Crippen molar-refractivity contribution >= 4 is 34.6 Å². The number of imidazole rings is 1. The van der Waals surface area contributed by atoms with Crippen LogP contribution in [0.3, 0.4) is 0 Å². The molecule has 4 rings (SSSR count). The Bertz CT molecular complexity index is 1110.